The van der Waals surface area contributed by atoms with Crippen molar-refractivity contribution in [2.45, 2.75) is 44.1 Å². The van der Waals surface area contributed by atoms with Gasteiger partial charge in [-0.25, -0.2) is 0 Å². The Morgan fingerprint density at radius 3 is 3.12 bits per heavy atom. The largest absolute Gasteiger partial charge is 0.339 e. The van der Waals surface area contributed by atoms with Gasteiger partial charge in [0.05, 0.1) is 5.75 Å². The smallest absolute Gasteiger partial charge is 0.226 e. The summed E-state index contributed by atoms with van der Waals surface area (Å²) in [5.41, 5.74) is 0. The van der Waals surface area contributed by atoms with Crippen LogP contribution >= 0.6 is 11.8 Å². The van der Waals surface area contributed by atoms with Gasteiger partial charge in [0, 0.05) is 6.42 Å². The first-order valence-corrected chi connectivity index (χ1v) is 7.42. The average Bonchev–Trinajstić information content (AvgIpc) is 2.95. The number of nitrogens with zero attached hydrogens (tertiary/aromatic N) is 2. The number of nitrogens with one attached hydrogen (secondary N) is 1. The van der Waals surface area contributed by atoms with Gasteiger partial charge in [-0.1, -0.05) is 19.0 Å². The van der Waals surface area contributed by atoms with Crippen molar-refractivity contribution >= 4 is 11.8 Å². The zero-order valence-electron chi connectivity index (χ0n) is 10.6. The molecule has 1 aliphatic rings. The van der Waals surface area contributed by atoms with Crippen molar-refractivity contribution in [3.63, 3.8) is 0 Å². The van der Waals surface area contributed by atoms with Crippen molar-refractivity contribution in [3.05, 3.63) is 11.7 Å². The first-order chi connectivity index (χ1) is 8.24. The summed E-state index contributed by atoms with van der Waals surface area (Å²) in [5, 5.41) is 8.00. The fourth-order valence-electron chi connectivity index (χ4n) is 1.98. The van der Waals surface area contributed by atoms with E-state index in [4.69, 9.17) is 4.52 Å². The molecule has 1 N–H and O–H groups in total. The van der Waals surface area contributed by atoms with E-state index in [0.29, 0.717) is 5.25 Å². The molecule has 2 heterocycles. The van der Waals surface area contributed by atoms with Gasteiger partial charge >= 0.3 is 0 Å². The predicted octanol–water partition coefficient (Wildman–Crippen LogP) is 2.25. The highest BCUT2D eigenvalue weighted by Crippen LogP contribution is 2.17. The molecule has 1 aromatic heterocycles. The molecule has 0 amide bonds. The molecule has 0 radical (unpaired) electrons. The lowest BCUT2D eigenvalue weighted by Gasteiger charge is -2.04. The second kappa shape index (κ2) is 6.40. The molecule has 0 aliphatic carbocycles. The number of aromatic nitrogens is 2. The molecule has 2 rings (SSSR count). The Balaban J connectivity index is 1.73. The molecule has 1 saturated heterocycles. The van der Waals surface area contributed by atoms with E-state index in [-0.39, 0.29) is 0 Å². The molecule has 1 fully saturated rings. The number of rotatable bonds is 6. The van der Waals surface area contributed by atoms with Crippen LogP contribution in [0.3, 0.4) is 0 Å². The van der Waals surface area contributed by atoms with Gasteiger partial charge in [-0.3, -0.25) is 0 Å². The molecule has 0 saturated carbocycles. The van der Waals surface area contributed by atoms with Crippen molar-refractivity contribution < 1.29 is 4.52 Å². The SMILES string of the molecule is CC(C)SCc1noc(CCC2CCNC2)n1. The molecule has 5 heteroatoms. The van der Waals surface area contributed by atoms with Crippen LogP contribution in [0.15, 0.2) is 4.52 Å². The van der Waals surface area contributed by atoms with Crippen LogP contribution in [0.2, 0.25) is 0 Å². The standard InChI is InChI=1S/C12H21N3OS/c1-9(2)17-8-11-14-12(16-15-11)4-3-10-5-6-13-7-10/h9-10,13H,3-8H2,1-2H3. The maximum atomic E-state index is 5.26. The normalized spacial score (nSPS) is 20.3. The maximum Gasteiger partial charge on any atom is 0.226 e. The van der Waals surface area contributed by atoms with E-state index in [9.17, 15) is 0 Å². The van der Waals surface area contributed by atoms with Gasteiger partial charge < -0.3 is 9.84 Å². The first kappa shape index (κ1) is 12.9. The maximum absolute atomic E-state index is 5.26. The lowest BCUT2D eigenvalue weighted by atomic mass is 10.0. The zero-order chi connectivity index (χ0) is 12.1. The molecule has 1 aromatic rings. The van der Waals surface area contributed by atoms with Gasteiger partial charge in [0.25, 0.3) is 0 Å². The quantitative estimate of drug-likeness (QED) is 0.845. The summed E-state index contributed by atoms with van der Waals surface area (Å²) in [4.78, 5) is 4.42. The molecular weight excluding hydrogens is 234 g/mol. The monoisotopic (exact) mass is 255 g/mol. The third-order valence-corrected chi connectivity index (χ3v) is 4.08. The number of hydrogen-bond donors (Lipinski definition) is 1. The second-order valence-electron chi connectivity index (χ2n) is 4.86. The van der Waals surface area contributed by atoms with Crippen molar-refractivity contribution in [1.29, 1.82) is 0 Å². The molecule has 1 atom stereocenters. The molecule has 0 bridgehead atoms. The Morgan fingerprint density at radius 2 is 2.41 bits per heavy atom. The van der Waals surface area contributed by atoms with E-state index in [2.05, 4.69) is 29.3 Å². The van der Waals surface area contributed by atoms with E-state index in [1.54, 1.807) is 0 Å². The molecule has 0 aromatic carbocycles. The van der Waals surface area contributed by atoms with Crippen LogP contribution in [-0.4, -0.2) is 28.5 Å². The minimum atomic E-state index is 0.613. The summed E-state index contributed by atoms with van der Waals surface area (Å²) < 4.78 is 5.26. The van der Waals surface area contributed by atoms with Crippen LogP contribution in [0.5, 0.6) is 0 Å². The van der Waals surface area contributed by atoms with Crippen molar-refractivity contribution in [1.82, 2.24) is 15.5 Å². The van der Waals surface area contributed by atoms with Crippen LogP contribution in [0, 0.1) is 5.92 Å². The van der Waals surface area contributed by atoms with Crippen LogP contribution < -0.4 is 5.32 Å². The van der Waals surface area contributed by atoms with E-state index >= 15 is 0 Å². The molecule has 0 spiro atoms. The van der Waals surface area contributed by atoms with Gasteiger partial charge in [-0.2, -0.15) is 16.7 Å². The topological polar surface area (TPSA) is 51.0 Å². The molecule has 96 valence electrons. The van der Waals surface area contributed by atoms with Crippen molar-refractivity contribution in [2.24, 2.45) is 5.92 Å². The zero-order valence-corrected chi connectivity index (χ0v) is 11.4. The van der Waals surface area contributed by atoms with E-state index in [1.807, 2.05) is 11.8 Å². The van der Waals surface area contributed by atoms with Crippen LogP contribution in [0.25, 0.3) is 0 Å². The molecule has 4 nitrogen and oxygen atoms in total. The van der Waals surface area contributed by atoms with E-state index < -0.39 is 0 Å². The molecule has 1 aliphatic heterocycles. The fraction of sp³-hybridized carbons (Fsp3) is 0.833. The number of thioether (sulfide) groups is 1. The minimum Gasteiger partial charge on any atom is -0.339 e. The highest BCUT2D eigenvalue weighted by molar-refractivity contribution is 7.99. The highest BCUT2D eigenvalue weighted by atomic mass is 32.2. The van der Waals surface area contributed by atoms with Crippen LogP contribution in [0.1, 0.15) is 38.4 Å². The average molecular weight is 255 g/mol. The summed E-state index contributed by atoms with van der Waals surface area (Å²) in [7, 11) is 0. The lowest BCUT2D eigenvalue weighted by molar-refractivity contribution is 0.361. The summed E-state index contributed by atoms with van der Waals surface area (Å²) >= 11 is 1.85. The Labute approximate surface area is 107 Å². The highest BCUT2D eigenvalue weighted by Gasteiger charge is 2.16. The summed E-state index contributed by atoms with van der Waals surface area (Å²) in [6.45, 7) is 6.66. The Morgan fingerprint density at radius 1 is 1.53 bits per heavy atom. The van der Waals surface area contributed by atoms with Crippen molar-refractivity contribution in [3.8, 4) is 0 Å². The second-order valence-corrected chi connectivity index (χ2v) is 6.43. The van der Waals surface area contributed by atoms with Gasteiger partial charge in [-0.05, 0) is 37.1 Å². The van der Waals surface area contributed by atoms with Crippen LogP contribution in [-0.2, 0) is 12.2 Å². The van der Waals surface area contributed by atoms with E-state index in [1.165, 1.54) is 6.42 Å². The Hall–Kier alpha value is -0.550. The summed E-state index contributed by atoms with van der Waals surface area (Å²) in [6.07, 6.45) is 3.36. The van der Waals surface area contributed by atoms with Gasteiger partial charge in [0.15, 0.2) is 5.82 Å². The predicted molar refractivity (Wildman–Crippen MR) is 70.0 cm³/mol. The molecule has 1 unspecified atom stereocenters. The number of hydrogen-bond acceptors (Lipinski definition) is 5. The fourth-order valence-corrected chi connectivity index (χ4v) is 2.58. The summed E-state index contributed by atoms with van der Waals surface area (Å²) in [6, 6.07) is 0. The lowest BCUT2D eigenvalue weighted by Crippen LogP contribution is -2.09. The molecular formula is C12H21N3OS. The third-order valence-electron chi connectivity index (χ3n) is 2.98. The minimum absolute atomic E-state index is 0.613. The van der Waals surface area contributed by atoms with Gasteiger partial charge in [0.1, 0.15) is 0 Å². The Bertz CT molecular complexity index is 334. The van der Waals surface area contributed by atoms with Crippen LogP contribution in [0.4, 0.5) is 0 Å². The number of aryl methyl sites for hydroxylation is 1. The Kier molecular flexibility index (Phi) is 4.86. The van der Waals surface area contributed by atoms with Gasteiger partial charge in [-0.15, -0.1) is 0 Å². The third kappa shape index (κ3) is 4.32. The summed E-state index contributed by atoms with van der Waals surface area (Å²) in [5.74, 6) is 3.28. The van der Waals surface area contributed by atoms with E-state index in [0.717, 1.165) is 49.3 Å². The van der Waals surface area contributed by atoms with Gasteiger partial charge in [0.2, 0.25) is 5.89 Å². The first-order valence-electron chi connectivity index (χ1n) is 6.38. The van der Waals surface area contributed by atoms with Crippen molar-refractivity contribution in [2.75, 3.05) is 13.1 Å². The molecule has 17 heavy (non-hydrogen) atoms.